The fourth-order valence-electron chi connectivity index (χ4n) is 2.07. The van der Waals surface area contributed by atoms with Crippen LogP contribution in [-0.4, -0.2) is 16.7 Å². The fourth-order valence-corrected chi connectivity index (χ4v) is 3.38. The summed E-state index contributed by atoms with van der Waals surface area (Å²) in [5.41, 5.74) is 0.455. The number of aromatic nitrogens is 2. The lowest BCUT2D eigenvalue weighted by atomic mass is 10.1. The largest absolute Gasteiger partial charge is 0.308 e. The molecule has 0 radical (unpaired) electrons. The van der Waals surface area contributed by atoms with E-state index in [4.69, 9.17) is 0 Å². The molecule has 2 atom stereocenters. The topological polar surface area (TPSA) is 37.8 Å². The molecule has 90 valence electrons. The summed E-state index contributed by atoms with van der Waals surface area (Å²) in [6, 6.07) is 0.387. The third kappa shape index (κ3) is 2.28. The maximum atomic E-state index is 4.35. The average molecular weight is 239 g/mol. The third-order valence-electron chi connectivity index (χ3n) is 3.42. The Kier molecular flexibility index (Phi) is 3.31. The van der Waals surface area contributed by atoms with Gasteiger partial charge in [-0.1, -0.05) is 39.0 Å². The molecule has 4 heteroatoms. The SMILES string of the molecule is CCNC(CC)c1nnc(C2CC2(C)C)s1. The van der Waals surface area contributed by atoms with Crippen LogP contribution in [0.4, 0.5) is 0 Å². The van der Waals surface area contributed by atoms with E-state index in [0.717, 1.165) is 18.0 Å². The molecule has 0 amide bonds. The predicted molar refractivity (Wildman–Crippen MR) is 67.8 cm³/mol. The van der Waals surface area contributed by atoms with Crippen molar-refractivity contribution in [2.45, 2.75) is 52.5 Å². The van der Waals surface area contributed by atoms with Crippen molar-refractivity contribution < 1.29 is 0 Å². The monoisotopic (exact) mass is 239 g/mol. The maximum Gasteiger partial charge on any atom is 0.134 e. The zero-order valence-corrected chi connectivity index (χ0v) is 11.4. The van der Waals surface area contributed by atoms with Crippen LogP contribution in [-0.2, 0) is 0 Å². The van der Waals surface area contributed by atoms with Gasteiger partial charge in [-0.25, -0.2) is 0 Å². The Morgan fingerprint density at radius 1 is 1.44 bits per heavy atom. The Bertz CT molecular complexity index is 359. The highest BCUT2D eigenvalue weighted by Gasteiger charge is 2.48. The Balaban J connectivity index is 2.07. The van der Waals surface area contributed by atoms with Gasteiger partial charge in [-0.3, -0.25) is 0 Å². The van der Waals surface area contributed by atoms with E-state index in [-0.39, 0.29) is 0 Å². The minimum absolute atomic E-state index is 0.387. The minimum atomic E-state index is 0.387. The second-order valence-electron chi connectivity index (χ2n) is 5.24. The van der Waals surface area contributed by atoms with Crippen molar-refractivity contribution in [1.82, 2.24) is 15.5 Å². The highest BCUT2D eigenvalue weighted by Crippen LogP contribution is 2.59. The molecular formula is C12H21N3S. The van der Waals surface area contributed by atoms with Crippen molar-refractivity contribution in [1.29, 1.82) is 0 Å². The fraction of sp³-hybridized carbons (Fsp3) is 0.833. The highest BCUT2D eigenvalue weighted by atomic mass is 32.1. The second kappa shape index (κ2) is 4.41. The van der Waals surface area contributed by atoms with Crippen LogP contribution in [0.25, 0.3) is 0 Å². The van der Waals surface area contributed by atoms with Crippen molar-refractivity contribution in [2.75, 3.05) is 6.54 Å². The molecule has 1 aromatic heterocycles. The van der Waals surface area contributed by atoms with Crippen LogP contribution in [0.5, 0.6) is 0 Å². The molecule has 0 aromatic carbocycles. The van der Waals surface area contributed by atoms with Gasteiger partial charge in [0.25, 0.3) is 0 Å². The van der Waals surface area contributed by atoms with Crippen molar-refractivity contribution in [3.05, 3.63) is 10.0 Å². The van der Waals surface area contributed by atoms with Crippen molar-refractivity contribution in [3.63, 3.8) is 0 Å². The van der Waals surface area contributed by atoms with Crippen molar-refractivity contribution in [3.8, 4) is 0 Å². The molecule has 1 N–H and O–H groups in total. The van der Waals surface area contributed by atoms with Crippen molar-refractivity contribution in [2.24, 2.45) is 5.41 Å². The molecule has 0 saturated heterocycles. The average Bonchev–Trinajstić information content (AvgIpc) is 2.69. The standard InChI is InChI=1S/C12H21N3S/c1-5-9(13-6-2)11-15-14-10(16-11)8-7-12(8,3)4/h8-9,13H,5-7H2,1-4H3. The molecule has 1 saturated carbocycles. The lowest BCUT2D eigenvalue weighted by Crippen LogP contribution is -2.19. The van der Waals surface area contributed by atoms with Crippen LogP contribution in [0, 0.1) is 5.41 Å². The Morgan fingerprint density at radius 2 is 2.12 bits per heavy atom. The summed E-state index contributed by atoms with van der Waals surface area (Å²) in [4.78, 5) is 0. The van der Waals surface area contributed by atoms with Crippen LogP contribution in [0.2, 0.25) is 0 Å². The van der Waals surface area contributed by atoms with E-state index >= 15 is 0 Å². The van der Waals surface area contributed by atoms with E-state index in [1.807, 2.05) is 0 Å². The number of nitrogens with zero attached hydrogens (tertiary/aromatic N) is 2. The highest BCUT2D eigenvalue weighted by molar-refractivity contribution is 7.11. The number of hydrogen-bond acceptors (Lipinski definition) is 4. The number of nitrogens with one attached hydrogen (secondary N) is 1. The molecule has 1 aliphatic rings. The van der Waals surface area contributed by atoms with Gasteiger partial charge in [0.05, 0.1) is 6.04 Å². The predicted octanol–water partition coefficient (Wildman–Crippen LogP) is 3.11. The van der Waals surface area contributed by atoms with Crippen LogP contribution < -0.4 is 5.32 Å². The zero-order chi connectivity index (χ0) is 11.8. The lowest BCUT2D eigenvalue weighted by molar-refractivity contribution is 0.530. The van der Waals surface area contributed by atoms with E-state index in [9.17, 15) is 0 Å². The molecule has 16 heavy (non-hydrogen) atoms. The first-order valence-electron chi connectivity index (χ1n) is 6.15. The summed E-state index contributed by atoms with van der Waals surface area (Å²) in [6.45, 7) is 9.92. The number of rotatable bonds is 5. The van der Waals surface area contributed by atoms with Gasteiger partial charge in [-0.15, -0.1) is 10.2 Å². The molecule has 1 aromatic rings. The van der Waals surface area contributed by atoms with Gasteiger partial charge in [-0.05, 0) is 24.8 Å². The second-order valence-corrected chi connectivity index (χ2v) is 6.28. The molecule has 1 fully saturated rings. The van der Waals surface area contributed by atoms with Crippen LogP contribution in [0.3, 0.4) is 0 Å². The van der Waals surface area contributed by atoms with Gasteiger partial charge < -0.3 is 5.32 Å². The Morgan fingerprint density at radius 3 is 2.62 bits per heavy atom. The molecule has 2 rings (SSSR count). The van der Waals surface area contributed by atoms with Gasteiger partial charge in [-0.2, -0.15) is 0 Å². The quantitative estimate of drug-likeness (QED) is 0.858. The first-order chi connectivity index (χ1) is 7.58. The Labute approximate surface area is 102 Å². The molecule has 0 bridgehead atoms. The molecule has 0 spiro atoms. The summed E-state index contributed by atoms with van der Waals surface area (Å²) in [5.74, 6) is 0.651. The van der Waals surface area contributed by atoms with Crippen LogP contribution in [0.1, 0.15) is 62.5 Å². The third-order valence-corrected chi connectivity index (χ3v) is 4.58. The first-order valence-corrected chi connectivity index (χ1v) is 6.96. The molecule has 1 heterocycles. The van der Waals surface area contributed by atoms with Crippen molar-refractivity contribution >= 4 is 11.3 Å². The smallest absolute Gasteiger partial charge is 0.134 e. The van der Waals surface area contributed by atoms with E-state index < -0.39 is 0 Å². The zero-order valence-electron chi connectivity index (χ0n) is 10.6. The first kappa shape index (κ1) is 12.0. The van der Waals surface area contributed by atoms with Gasteiger partial charge in [0.15, 0.2) is 0 Å². The van der Waals surface area contributed by atoms with Crippen LogP contribution in [0.15, 0.2) is 0 Å². The molecular weight excluding hydrogens is 218 g/mol. The van der Waals surface area contributed by atoms with E-state index in [1.54, 1.807) is 11.3 Å². The number of hydrogen-bond donors (Lipinski definition) is 1. The van der Waals surface area contributed by atoms with Crippen LogP contribution >= 0.6 is 11.3 Å². The molecule has 0 aliphatic heterocycles. The summed E-state index contributed by atoms with van der Waals surface area (Å²) in [6.07, 6.45) is 2.34. The maximum absolute atomic E-state index is 4.35. The normalized spacial score (nSPS) is 24.4. The lowest BCUT2D eigenvalue weighted by Gasteiger charge is -2.10. The Hall–Kier alpha value is -0.480. The van der Waals surface area contributed by atoms with E-state index in [0.29, 0.717) is 17.4 Å². The van der Waals surface area contributed by atoms with Gasteiger partial charge >= 0.3 is 0 Å². The molecule has 1 aliphatic carbocycles. The summed E-state index contributed by atoms with van der Waals surface area (Å²) < 4.78 is 0. The van der Waals surface area contributed by atoms with Gasteiger partial charge in [0, 0.05) is 5.92 Å². The summed E-state index contributed by atoms with van der Waals surface area (Å²) in [5, 5.41) is 14.5. The van der Waals surface area contributed by atoms with Gasteiger partial charge in [0.2, 0.25) is 0 Å². The minimum Gasteiger partial charge on any atom is -0.308 e. The summed E-state index contributed by atoms with van der Waals surface area (Å²) >= 11 is 1.79. The van der Waals surface area contributed by atoms with E-state index in [2.05, 4.69) is 43.2 Å². The van der Waals surface area contributed by atoms with E-state index in [1.165, 1.54) is 11.4 Å². The molecule has 2 unspecified atom stereocenters. The summed E-state index contributed by atoms with van der Waals surface area (Å²) in [7, 11) is 0. The van der Waals surface area contributed by atoms with Gasteiger partial charge in [0.1, 0.15) is 10.0 Å². The molecule has 3 nitrogen and oxygen atoms in total.